The molecule has 0 radical (unpaired) electrons. The van der Waals surface area contributed by atoms with Crippen LogP contribution in [0.25, 0.3) is 10.9 Å². The normalized spacial score (nSPS) is 13.9. The van der Waals surface area contributed by atoms with Crippen LogP contribution < -0.4 is 5.32 Å². The van der Waals surface area contributed by atoms with Gasteiger partial charge in [0.05, 0.1) is 0 Å². The molecule has 1 aromatic carbocycles. The van der Waals surface area contributed by atoms with E-state index in [0.717, 1.165) is 16.5 Å². The van der Waals surface area contributed by atoms with Crippen molar-refractivity contribution >= 4 is 22.8 Å². The summed E-state index contributed by atoms with van der Waals surface area (Å²) in [5.41, 5.74) is 1.73. The van der Waals surface area contributed by atoms with Gasteiger partial charge in [-0.15, -0.1) is 0 Å². The lowest BCUT2D eigenvalue weighted by Crippen LogP contribution is -2.46. The number of hydrogen-bond acceptors (Lipinski definition) is 3. The first-order chi connectivity index (χ1) is 10.9. The maximum Gasteiger partial charge on any atom is 0.326 e. The van der Waals surface area contributed by atoms with Crippen molar-refractivity contribution in [1.29, 1.82) is 0 Å². The van der Waals surface area contributed by atoms with Gasteiger partial charge in [-0.3, -0.25) is 4.79 Å². The van der Waals surface area contributed by atoms with E-state index < -0.39 is 24.0 Å². The van der Waals surface area contributed by atoms with Gasteiger partial charge in [0.1, 0.15) is 12.1 Å². The maximum absolute atomic E-state index is 12.0. The largest absolute Gasteiger partial charge is 0.480 e. The van der Waals surface area contributed by atoms with E-state index in [9.17, 15) is 19.8 Å². The standard InChI is InChI=1S/C17H22N2O4/c1-10(2)7-15(20)16(21)19-14(17(22)23)8-11-9-18-13-6-4-3-5-12(11)13/h3-6,9-10,14-15,18,20H,7-8H2,1-2H3,(H,19,21)(H,22,23)/t14-,15+/m0/s1. The summed E-state index contributed by atoms with van der Waals surface area (Å²) in [5.74, 6) is -1.63. The number of rotatable bonds is 7. The summed E-state index contributed by atoms with van der Waals surface area (Å²) in [5, 5.41) is 22.5. The Morgan fingerprint density at radius 1 is 1.26 bits per heavy atom. The molecule has 0 unspecified atom stereocenters. The summed E-state index contributed by atoms with van der Waals surface area (Å²) in [6.07, 6.45) is 1.00. The Morgan fingerprint density at radius 2 is 1.96 bits per heavy atom. The Kier molecular flexibility index (Phi) is 5.39. The number of nitrogens with one attached hydrogen (secondary N) is 2. The van der Waals surface area contributed by atoms with Gasteiger partial charge >= 0.3 is 5.97 Å². The predicted octanol–water partition coefficient (Wildman–Crippen LogP) is 1.69. The molecule has 0 aliphatic carbocycles. The third kappa shape index (κ3) is 4.32. The number of carbonyl (C=O) groups is 2. The minimum Gasteiger partial charge on any atom is -0.480 e. The van der Waals surface area contributed by atoms with E-state index in [1.165, 1.54) is 0 Å². The molecule has 0 fully saturated rings. The van der Waals surface area contributed by atoms with Gasteiger partial charge in [0.15, 0.2) is 0 Å². The zero-order chi connectivity index (χ0) is 17.0. The van der Waals surface area contributed by atoms with Crippen LogP contribution in [0.1, 0.15) is 25.8 Å². The second kappa shape index (κ2) is 7.28. The van der Waals surface area contributed by atoms with Crippen molar-refractivity contribution in [3.63, 3.8) is 0 Å². The molecule has 124 valence electrons. The van der Waals surface area contributed by atoms with E-state index in [4.69, 9.17) is 0 Å². The fraction of sp³-hybridized carbons (Fsp3) is 0.412. The van der Waals surface area contributed by atoms with E-state index >= 15 is 0 Å². The maximum atomic E-state index is 12.0. The van der Waals surface area contributed by atoms with Crippen molar-refractivity contribution in [3.05, 3.63) is 36.0 Å². The number of fused-ring (bicyclic) bond motifs is 1. The predicted molar refractivity (Wildman–Crippen MR) is 87.0 cm³/mol. The number of benzene rings is 1. The Labute approximate surface area is 134 Å². The van der Waals surface area contributed by atoms with Crippen LogP contribution in [0.4, 0.5) is 0 Å². The fourth-order valence-electron chi connectivity index (χ4n) is 2.54. The van der Waals surface area contributed by atoms with Gasteiger partial charge in [-0.25, -0.2) is 4.79 Å². The summed E-state index contributed by atoms with van der Waals surface area (Å²) in [6, 6.07) is 6.49. The van der Waals surface area contributed by atoms with Crippen molar-refractivity contribution in [3.8, 4) is 0 Å². The molecule has 1 aromatic heterocycles. The number of aliphatic carboxylic acids is 1. The summed E-state index contributed by atoms with van der Waals surface area (Å²) < 4.78 is 0. The average molecular weight is 318 g/mol. The Morgan fingerprint density at radius 3 is 2.61 bits per heavy atom. The lowest BCUT2D eigenvalue weighted by atomic mass is 10.0. The number of hydrogen-bond donors (Lipinski definition) is 4. The number of amides is 1. The SMILES string of the molecule is CC(C)C[C@@H](O)C(=O)N[C@@H](Cc1c[nH]c2ccccc12)C(=O)O. The van der Waals surface area contributed by atoms with Crippen LogP contribution in [0.5, 0.6) is 0 Å². The number of aliphatic hydroxyl groups is 1. The molecule has 1 heterocycles. The lowest BCUT2D eigenvalue weighted by molar-refractivity contribution is -0.143. The van der Waals surface area contributed by atoms with Crippen LogP contribution in [-0.4, -0.2) is 39.2 Å². The van der Waals surface area contributed by atoms with Gasteiger partial charge in [-0.2, -0.15) is 0 Å². The molecular weight excluding hydrogens is 296 g/mol. The van der Waals surface area contributed by atoms with Crippen molar-refractivity contribution < 1.29 is 19.8 Å². The van der Waals surface area contributed by atoms with Gasteiger partial charge in [0.2, 0.25) is 5.91 Å². The molecule has 2 rings (SSSR count). The number of H-pyrrole nitrogens is 1. The number of aromatic amines is 1. The van der Waals surface area contributed by atoms with Gasteiger partial charge in [0, 0.05) is 23.5 Å². The van der Waals surface area contributed by atoms with Crippen LogP contribution in [0.2, 0.25) is 0 Å². The van der Waals surface area contributed by atoms with E-state index in [1.54, 1.807) is 6.20 Å². The molecular formula is C17H22N2O4. The van der Waals surface area contributed by atoms with Crippen molar-refractivity contribution in [2.45, 2.75) is 38.8 Å². The highest BCUT2D eigenvalue weighted by Gasteiger charge is 2.25. The highest BCUT2D eigenvalue weighted by molar-refractivity contribution is 5.88. The second-order valence-corrected chi connectivity index (χ2v) is 6.11. The Hall–Kier alpha value is -2.34. The molecule has 2 aromatic rings. The molecule has 0 aliphatic rings. The number of carbonyl (C=O) groups excluding carboxylic acids is 1. The molecule has 0 aliphatic heterocycles. The van der Waals surface area contributed by atoms with Gasteiger partial charge in [0.25, 0.3) is 0 Å². The highest BCUT2D eigenvalue weighted by Crippen LogP contribution is 2.19. The van der Waals surface area contributed by atoms with Crippen molar-refractivity contribution in [1.82, 2.24) is 10.3 Å². The summed E-state index contributed by atoms with van der Waals surface area (Å²) in [6.45, 7) is 3.77. The minimum absolute atomic E-state index is 0.146. The minimum atomic E-state index is -1.19. The molecule has 6 nitrogen and oxygen atoms in total. The quantitative estimate of drug-likeness (QED) is 0.624. The molecule has 6 heteroatoms. The zero-order valence-electron chi connectivity index (χ0n) is 13.2. The van der Waals surface area contributed by atoms with E-state index in [-0.39, 0.29) is 12.3 Å². The highest BCUT2D eigenvalue weighted by atomic mass is 16.4. The van der Waals surface area contributed by atoms with Gasteiger partial charge in [-0.1, -0.05) is 32.0 Å². The third-order valence-electron chi connectivity index (χ3n) is 3.71. The number of carboxylic acid groups (broad SMARTS) is 1. The van der Waals surface area contributed by atoms with Crippen LogP contribution >= 0.6 is 0 Å². The van der Waals surface area contributed by atoms with Crippen LogP contribution in [0.3, 0.4) is 0 Å². The average Bonchev–Trinajstić information content (AvgIpc) is 2.89. The summed E-state index contributed by atoms with van der Waals surface area (Å²) in [4.78, 5) is 26.5. The molecule has 1 amide bonds. The van der Waals surface area contributed by atoms with Gasteiger partial charge < -0.3 is 20.5 Å². The Bertz CT molecular complexity index is 693. The summed E-state index contributed by atoms with van der Waals surface area (Å²) >= 11 is 0. The molecule has 0 spiro atoms. The molecule has 0 saturated carbocycles. The van der Waals surface area contributed by atoms with Crippen LogP contribution in [0, 0.1) is 5.92 Å². The number of para-hydroxylation sites is 1. The zero-order valence-corrected chi connectivity index (χ0v) is 13.2. The lowest BCUT2D eigenvalue weighted by Gasteiger charge is -2.18. The number of carboxylic acids is 1. The van der Waals surface area contributed by atoms with E-state index in [0.29, 0.717) is 6.42 Å². The van der Waals surface area contributed by atoms with Crippen molar-refractivity contribution in [2.75, 3.05) is 0 Å². The molecule has 0 bridgehead atoms. The smallest absolute Gasteiger partial charge is 0.326 e. The summed E-state index contributed by atoms with van der Waals surface area (Å²) in [7, 11) is 0. The molecule has 2 atom stereocenters. The Balaban J connectivity index is 2.10. The molecule has 4 N–H and O–H groups in total. The number of aliphatic hydroxyl groups excluding tert-OH is 1. The van der Waals surface area contributed by atoms with Crippen LogP contribution in [0.15, 0.2) is 30.5 Å². The first-order valence-corrected chi connectivity index (χ1v) is 7.64. The van der Waals surface area contributed by atoms with Crippen molar-refractivity contribution in [2.24, 2.45) is 5.92 Å². The van der Waals surface area contributed by atoms with E-state index in [2.05, 4.69) is 10.3 Å². The molecule has 23 heavy (non-hydrogen) atoms. The fourth-order valence-corrected chi connectivity index (χ4v) is 2.54. The number of aromatic nitrogens is 1. The molecule has 0 saturated heterocycles. The first-order valence-electron chi connectivity index (χ1n) is 7.64. The second-order valence-electron chi connectivity index (χ2n) is 6.11. The third-order valence-corrected chi connectivity index (χ3v) is 3.71. The van der Waals surface area contributed by atoms with E-state index in [1.807, 2.05) is 38.1 Å². The monoisotopic (exact) mass is 318 g/mol. The first kappa shape index (κ1) is 17.0. The van der Waals surface area contributed by atoms with Crippen LogP contribution in [-0.2, 0) is 16.0 Å². The van der Waals surface area contributed by atoms with Gasteiger partial charge in [-0.05, 0) is 24.0 Å². The topological polar surface area (TPSA) is 102 Å².